The first kappa shape index (κ1) is 9.30. The van der Waals surface area contributed by atoms with Crippen LogP contribution in [0.4, 0.5) is 0 Å². The Morgan fingerprint density at radius 2 is 2.57 bits per heavy atom. The summed E-state index contributed by atoms with van der Waals surface area (Å²) in [5, 5.41) is 3.12. The maximum absolute atomic E-state index is 11.8. The van der Waals surface area contributed by atoms with E-state index in [1.54, 1.807) is 24.5 Å². The molecule has 0 spiro atoms. The second-order valence-corrected chi connectivity index (χ2v) is 3.17. The lowest BCUT2D eigenvalue weighted by Gasteiger charge is -2.22. The molecule has 2 rings (SSSR count). The minimum absolute atomic E-state index is 0.00491. The number of aromatic nitrogens is 1. The molecular formula is C10H12N2O2. The summed E-state index contributed by atoms with van der Waals surface area (Å²) in [4.78, 5) is 15.7. The van der Waals surface area contributed by atoms with Crippen LogP contribution in [0.2, 0.25) is 0 Å². The molecule has 1 aliphatic rings. The Kier molecular flexibility index (Phi) is 2.86. The fourth-order valence-corrected chi connectivity index (χ4v) is 1.43. The molecule has 1 aliphatic heterocycles. The molecule has 0 bridgehead atoms. The Balaban J connectivity index is 2.07. The first-order chi connectivity index (χ1) is 6.88. The first-order valence-corrected chi connectivity index (χ1v) is 4.64. The van der Waals surface area contributed by atoms with Gasteiger partial charge in [0, 0.05) is 31.0 Å². The average Bonchev–Trinajstić information content (AvgIpc) is 2.30. The van der Waals surface area contributed by atoms with E-state index in [-0.39, 0.29) is 11.9 Å². The number of rotatable bonds is 2. The fourth-order valence-electron chi connectivity index (χ4n) is 1.43. The van der Waals surface area contributed by atoms with Gasteiger partial charge in [-0.2, -0.15) is 0 Å². The number of nitrogens with zero attached hydrogens (tertiary/aromatic N) is 1. The predicted octanol–water partition coefficient (Wildman–Crippen LogP) is 0.253. The van der Waals surface area contributed by atoms with E-state index in [2.05, 4.69) is 10.3 Å². The molecule has 2 heterocycles. The molecule has 4 heteroatoms. The highest BCUT2D eigenvalue weighted by Gasteiger charge is 2.22. The second kappa shape index (κ2) is 4.30. The van der Waals surface area contributed by atoms with Gasteiger partial charge in [-0.3, -0.25) is 9.78 Å². The highest BCUT2D eigenvalue weighted by Crippen LogP contribution is 2.06. The molecule has 1 aromatic heterocycles. The SMILES string of the molecule is O=C(c1cccnc1)C1CNCCO1. The number of ether oxygens (including phenoxy) is 1. The Hall–Kier alpha value is -1.26. The third-order valence-electron chi connectivity index (χ3n) is 2.17. The zero-order valence-electron chi connectivity index (χ0n) is 7.77. The van der Waals surface area contributed by atoms with Crippen molar-refractivity contribution in [2.24, 2.45) is 0 Å². The van der Waals surface area contributed by atoms with E-state index in [0.29, 0.717) is 18.7 Å². The zero-order valence-corrected chi connectivity index (χ0v) is 7.77. The molecular weight excluding hydrogens is 180 g/mol. The van der Waals surface area contributed by atoms with Gasteiger partial charge in [0.1, 0.15) is 6.10 Å². The largest absolute Gasteiger partial charge is 0.367 e. The number of morpholine rings is 1. The van der Waals surface area contributed by atoms with Crippen LogP contribution < -0.4 is 5.32 Å². The molecule has 0 saturated carbocycles. The Morgan fingerprint density at radius 1 is 1.64 bits per heavy atom. The highest BCUT2D eigenvalue weighted by molar-refractivity contribution is 5.99. The molecule has 4 nitrogen and oxygen atoms in total. The van der Waals surface area contributed by atoms with Crippen LogP contribution in [0.5, 0.6) is 0 Å². The van der Waals surface area contributed by atoms with E-state index in [0.717, 1.165) is 6.54 Å². The van der Waals surface area contributed by atoms with Crippen molar-refractivity contribution in [3.63, 3.8) is 0 Å². The van der Waals surface area contributed by atoms with Crippen LogP contribution in [0.1, 0.15) is 10.4 Å². The van der Waals surface area contributed by atoms with Crippen LogP contribution in [0.25, 0.3) is 0 Å². The van der Waals surface area contributed by atoms with Crippen LogP contribution in [0, 0.1) is 0 Å². The van der Waals surface area contributed by atoms with E-state index < -0.39 is 0 Å². The molecule has 0 aromatic carbocycles. The average molecular weight is 192 g/mol. The normalized spacial score (nSPS) is 21.9. The molecule has 0 radical (unpaired) electrons. The van der Waals surface area contributed by atoms with Crippen molar-refractivity contribution in [2.45, 2.75) is 6.10 Å². The summed E-state index contributed by atoms with van der Waals surface area (Å²) in [6.07, 6.45) is 2.87. The fraction of sp³-hybridized carbons (Fsp3) is 0.400. The van der Waals surface area contributed by atoms with Gasteiger partial charge >= 0.3 is 0 Å². The smallest absolute Gasteiger partial charge is 0.194 e. The minimum Gasteiger partial charge on any atom is -0.367 e. The van der Waals surface area contributed by atoms with Gasteiger partial charge in [-0.1, -0.05) is 0 Å². The number of hydrogen-bond acceptors (Lipinski definition) is 4. The van der Waals surface area contributed by atoms with E-state index in [1.165, 1.54) is 0 Å². The number of carbonyl (C=O) groups excluding carboxylic acids is 1. The molecule has 0 aliphatic carbocycles. The third kappa shape index (κ3) is 1.97. The summed E-state index contributed by atoms with van der Waals surface area (Å²) < 4.78 is 5.35. The number of nitrogens with one attached hydrogen (secondary N) is 1. The van der Waals surface area contributed by atoms with Crippen LogP contribution >= 0.6 is 0 Å². The van der Waals surface area contributed by atoms with Gasteiger partial charge in [0.2, 0.25) is 0 Å². The topological polar surface area (TPSA) is 51.2 Å². The molecule has 14 heavy (non-hydrogen) atoms. The van der Waals surface area contributed by atoms with Crippen molar-refractivity contribution in [1.29, 1.82) is 0 Å². The molecule has 1 N–H and O–H groups in total. The van der Waals surface area contributed by atoms with Gasteiger partial charge in [-0.25, -0.2) is 0 Å². The number of pyridine rings is 1. The molecule has 1 fully saturated rings. The Labute approximate surface area is 82.3 Å². The number of ketones is 1. The van der Waals surface area contributed by atoms with Crippen molar-refractivity contribution in [1.82, 2.24) is 10.3 Å². The minimum atomic E-state index is -0.354. The second-order valence-electron chi connectivity index (χ2n) is 3.17. The van der Waals surface area contributed by atoms with E-state index >= 15 is 0 Å². The van der Waals surface area contributed by atoms with Gasteiger partial charge in [0.25, 0.3) is 0 Å². The lowest BCUT2D eigenvalue weighted by atomic mass is 10.1. The lowest BCUT2D eigenvalue weighted by molar-refractivity contribution is 0.0269. The molecule has 1 atom stereocenters. The third-order valence-corrected chi connectivity index (χ3v) is 2.17. The summed E-state index contributed by atoms with van der Waals surface area (Å²) >= 11 is 0. The summed E-state index contributed by atoms with van der Waals surface area (Å²) in [6.45, 7) is 2.00. The lowest BCUT2D eigenvalue weighted by Crippen LogP contribution is -2.43. The molecule has 74 valence electrons. The Morgan fingerprint density at radius 3 is 3.21 bits per heavy atom. The van der Waals surface area contributed by atoms with Gasteiger partial charge in [-0.05, 0) is 12.1 Å². The molecule has 1 unspecified atom stereocenters. The van der Waals surface area contributed by atoms with Crippen molar-refractivity contribution < 1.29 is 9.53 Å². The molecule has 1 aromatic rings. The van der Waals surface area contributed by atoms with E-state index in [1.807, 2.05) is 0 Å². The summed E-state index contributed by atoms with van der Waals surface area (Å²) in [5.74, 6) is 0.00491. The quantitative estimate of drug-likeness (QED) is 0.682. The molecule has 0 amide bonds. The van der Waals surface area contributed by atoms with Crippen molar-refractivity contribution >= 4 is 5.78 Å². The monoisotopic (exact) mass is 192 g/mol. The van der Waals surface area contributed by atoms with Crippen LogP contribution in [0.15, 0.2) is 24.5 Å². The maximum atomic E-state index is 11.8. The standard InChI is InChI=1S/C10H12N2O2/c13-10(8-2-1-3-11-6-8)9-7-12-4-5-14-9/h1-3,6,9,12H,4-5,7H2. The van der Waals surface area contributed by atoms with E-state index in [9.17, 15) is 4.79 Å². The van der Waals surface area contributed by atoms with Gasteiger partial charge < -0.3 is 10.1 Å². The summed E-state index contributed by atoms with van der Waals surface area (Å²) in [5.41, 5.74) is 0.612. The van der Waals surface area contributed by atoms with Gasteiger partial charge in [0.05, 0.1) is 6.61 Å². The summed E-state index contributed by atoms with van der Waals surface area (Å²) in [6, 6.07) is 3.51. The first-order valence-electron chi connectivity index (χ1n) is 4.64. The van der Waals surface area contributed by atoms with E-state index in [4.69, 9.17) is 4.74 Å². The summed E-state index contributed by atoms with van der Waals surface area (Å²) in [7, 11) is 0. The van der Waals surface area contributed by atoms with Crippen LogP contribution in [0.3, 0.4) is 0 Å². The van der Waals surface area contributed by atoms with Gasteiger partial charge in [0.15, 0.2) is 5.78 Å². The van der Waals surface area contributed by atoms with Crippen molar-refractivity contribution in [3.05, 3.63) is 30.1 Å². The molecule has 1 saturated heterocycles. The number of Topliss-reactive ketones (excluding diaryl/α,β-unsaturated/α-hetero) is 1. The van der Waals surface area contributed by atoms with Crippen LogP contribution in [-0.4, -0.2) is 36.6 Å². The highest BCUT2D eigenvalue weighted by atomic mass is 16.5. The van der Waals surface area contributed by atoms with Crippen LogP contribution in [-0.2, 0) is 4.74 Å². The number of hydrogen-bond donors (Lipinski definition) is 1. The van der Waals surface area contributed by atoms with Crippen molar-refractivity contribution in [3.8, 4) is 0 Å². The van der Waals surface area contributed by atoms with Gasteiger partial charge in [-0.15, -0.1) is 0 Å². The number of carbonyl (C=O) groups is 1. The predicted molar refractivity (Wildman–Crippen MR) is 51.2 cm³/mol. The Bertz CT molecular complexity index is 307. The van der Waals surface area contributed by atoms with Crippen molar-refractivity contribution in [2.75, 3.05) is 19.7 Å². The zero-order chi connectivity index (χ0) is 9.80. The maximum Gasteiger partial charge on any atom is 0.194 e.